The van der Waals surface area contributed by atoms with Gasteiger partial charge < -0.3 is 14.5 Å². The van der Waals surface area contributed by atoms with Gasteiger partial charge >= 0.3 is 0 Å². The van der Waals surface area contributed by atoms with Crippen LogP contribution in [0, 0.1) is 0 Å². The number of amides is 1. The molecular weight excluding hydrogens is 264 g/mol. The number of likely N-dealkylation sites (tertiary alicyclic amines) is 1. The lowest BCUT2D eigenvalue weighted by molar-refractivity contribution is 0.0667. The molecule has 0 unspecified atom stereocenters. The molecule has 1 aliphatic rings. The zero-order chi connectivity index (χ0) is 13.2. The number of nitrogens with zero attached hydrogens (tertiary/aromatic N) is 2. The SMILES string of the molecule is O=C(c1cc(-c2cccs2)on1)N1CCC[C@@H]1CO. The Morgan fingerprint density at radius 2 is 2.53 bits per heavy atom. The quantitative estimate of drug-likeness (QED) is 0.932. The molecule has 1 fully saturated rings. The van der Waals surface area contributed by atoms with E-state index in [9.17, 15) is 9.90 Å². The van der Waals surface area contributed by atoms with Crippen molar-refractivity contribution in [3.63, 3.8) is 0 Å². The van der Waals surface area contributed by atoms with Crippen LogP contribution in [0.5, 0.6) is 0 Å². The molecule has 3 rings (SSSR count). The van der Waals surface area contributed by atoms with Crippen molar-refractivity contribution in [2.45, 2.75) is 18.9 Å². The lowest BCUT2D eigenvalue weighted by Gasteiger charge is -2.21. The molecule has 0 aliphatic carbocycles. The number of thiophene rings is 1. The zero-order valence-electron chi connectivity index (χ0n) is 10.3. The molecule has 0 radical (unpaired) electrons. The second kappa shape index (κ2) is 5.14. The van der Waals surface area contributed by atoms with Crippen LogP contribution in [0.1, 0.15) is 23.3 Å². The minimum absolute atomic E-state index is 0.00136. The number of hydrogen-bond donors (Lipinski definition) is 1. The summed E-state index contributed by atoms with van der Waals surface area (Å²) in [4.78, 5) is 14.9. The number of aromatic nitrogens is 1. The van der Waals surface area contributed by atoms with Gasteiger partial charge in [0, 0.05) is 12.6 Å². The lowest BCUT2D eigenvalue weighted by Crippen LogP contribution is -2.37. The summed E-state index contributed by atoms with van der Waals surface area (Å²) in [6.45, 7) is 0.673. The van der Waals surface area contributed by atoms with Crippen LogP contribution < -0.4 is 0 Å². The standard InChI is InChI=1S/C13H14N2O3S/c16-8-9-3-1-5-15(9)13(17)10-7-11(18-14-10)12-4-2-6-19-12/h2,4,6-7,9,16H,1,3,5,8H2/t9-/m1/s1. The highest BCUT2D eigenvalue weighted by Gasteiger charge is 2.30. The highest BCUT2D eigenvalue weighted by Crippen LogP contribution is 2.26. The maximum Gasteiger partial charge on any atom is 0.276 e. The molecule has 0 aromatic carbocycles. The number of hydrogen-bond acceptors (Lipinski definition) is 5. The summed E-state index contributed by atoms with van der Waals surface area (Å²) in [6, 6.07) is 5.42. The fourth-order valence-electron chi connectivity index (χ4n) is 2.35. The Kier molecular flexibility index (Phi) is 3.35. The molecule has 0 spiro atoms. The number of aliphatic hydroxyl groups is 1. The normalized spacial score (nSPS) is 19.0. The van der Waals surface area contributed by atoms with E-state index in [0.717, 1.165) is 17.7 Å². The van der Waals surface area contributed by atoms with Crippen LogP contribution in [0.4, 0.5) is 0 Å². The van der Waals surface area contributed by atoms with Gasteiger partial charge in [-0.3, -0.25) is 4.79 Å². The maximum atomic E-state index is 12.3. The summed E-state index contributed by atoms with van der Waals surface area (Å²) in [5.41, 5.74) is 0.309. The van der Waals surface area contributed by atoms with Gasteiger partial charge in [-0.15, -0.1) is 11.3 Å². The second-order valence-electron chi connectivity index (χ2n) is 4.53. The molecule has 1 N–H and O–H groups in total. The third-order valence-corrected chi connectivity index (χ3v) is 4.23. The van der Waals surface area contributed by atoms with Gasteiger partial charge in [-0.1, -0.05) is 11.2 Å². The molecule has 1 amide bonds. The second-order valence-corrected chi connectivity index (χ2v) is 5.48. The summed E-state index contributed by atoms with van der Waals surface area (Å²) in [6.07, 6.45) is 1.77. The molecule has 5 nitrogen and oxygen atoms in total. The van der Waals surface area contributed by atoms with Gasteiger partial charge in [-0.05, 0) is 24.3 Å². The average molecular weight is 278 g/mol. The molecular formula is C13H14N2O3S. The van der Waals surface area contributed by atoms with Crippen LogP contribution in [-0.4, -0.2) is 40.3 Å². The van der Waals surface area contributed by atoms with Crippen LogP contribution in [0.15, 0.2) is 28.1 Å². The number of rotatable bonds is 3. The van der Waals surface area contributed by atoms with Crippen molar-refractivity contribution in [3.05, 3.63) is 29.3 Å². The number of aliphatic hydroxyl groups excluding tert-OH is 1. The molecule has 1 saturated heterocycles. The van der Waals surface area contributed by atoms with Crippen molar-refractivity contribution in [2.24, 2.45) is 0 Å². The van der Waals surface area contributed by atoms with Crippen LogP contribution in [-0.2, 0) is 0 Å². The molecule has 6 heteroatoms. The number of carbonyl (C=O) groups is 1. The van der Waals surface area contributed by atoms with Gasteiger partial charge in [0.2, 0.25) is 0 Å². The van der Waals surface area contributed by atoms with E-state index in [4.69, 9.17) is 4.52 Å². The van der Waals surface area contributed by atoms with Gasteiger partial charge in [0.25, 0.3) is 5.91 Å². The first kappa shape index (κ1) is 12.4. The Morgan fingerprint density at radius 3 is 3.26 bits per heavy atom. The highest BCUT2D eigenvalue weighted by molar-refractivity contribution is 7.13. The van der Waals surface area contributed by atoms with Crippen molar-refractivity contribution in [1.29, 1.82) is 0 Å². The van der Waals surface area contributed by atoms with Crippen LogP contribution in [0.25, 0.3) is 10.6 Å². The molecule has 3 heterocycles. The molecule has 100 valence electrons. The predicted octanol–water partition coefficient (Wildman–Crippen LogP) is 2.00. The van der Waals surface area contributed by atoms with E-state index in [0.29, 0.717) is 18.0 Å². The summed E-state index contributed by atoms with van der Waals surface area (Å²) >= 11 is 1.54. The van der Waals surface area contributed by atoms with Crippen molar-refractivity contribution in [3.8, 4) is 10.6 Å². The Hall–Kier alpha value is -1.66. The molecule has 0 bridgehead atoms. The van der Waals surface area contributed by atoms with E-state index in [-0.39, 0.29) is 18.6 Å². The Labute approximate surface area is 114 Å². The Balaban J connectivity index is 1.81. The van der Waals surface area contributed by atoms with Crippen molar-refractivity contribution >= 4 is 17.2 Å². The largest absolute Gasteiger partial charge is 0.394 e. The summed E-state index contributed by atoms with van der Waals surface area (Å²) < 4.78 is 5.21. The van der Waals surface area contributed by atoms with Gasteiger partial charge in [0.15, 0.2) is 11.5 Å². The van der Waals surface area contributed by atoms with Crippen molar-refractivity contribution in [1.82, 2.24) is 10.1 Å². The molecule has 2 aromatic rings. The molecule has 1 atom stereocenters. The van der Waals surface area contributed by atoms with Gasteiger partial charge in [-0.2, -0.15) is 0 Å². The van der Waals surface area contributed by atoms with E-state index in [2.05, 4.69) is 5.16 Å². The highest BCUT2D eigenvalue weighted by atomic mass is 32.1. The fraction of sp³-hybridized carbons (Fsp3) is 0.385. The summed E-state index contributed by atoms with van der Waals surface area (Å²) in [7, 11) is 0. The first-order valence-electron chi connectivity index (χ1n) is 6.22. The monoisotopic (exact) mass is 278 g/mol. The van der Waals surface area contributed by atoms with Crippen molar-refractivity contribution in [2.75, 3.05) is 13.2 Å². The topological polar surface area (TPSA) is 66.6 Å². The van der Waals surface area contributed by atoms with E-state index in [1.54, 1.807) is 11.0 Å². The van der Waals surface area contributed by atoms with Gasteiger partial charge in [-0.25, -0.2) is 0 Å². The molecule has 0 saturated carbocycles. The molecule has 2 aromatic heterocycles. The molecule has 1 aliphatic heterocycles. The van der Waals surface area contributed by atoms with E-state index >= 15 is 0 Å². The van der Waals surface area contributed by atoms with Gasteiger partial charge in [0.05, 0.1) is 17.5 Å². The Morgan fingerprint density at radius 1 is 1.63 bits per heavy atom. The summed E-state index contributed by atoms with van der Waals surface area (Å²) in [5.74, 6) is 0.446. The molecule has 19 heavy (non-hydrogen) atoms. The predicted molar refractivity (Wildman–Crippen MR) is 71.0 cm³/mol. The Bertz CT molecular complexity index is 564. The van der Waals surface area contributed by atoms with Crippen LogP contribution >= 0.6 is 11.3 Å². The lowest BCUT2D eigenvalue weighted by atomic mass is 10.2. The minimum atomic E-state index is -0.164. The number of carbonyl (C=O) groups excluding carboxylic acids is 1. The third-order valence-electron chi connectivity index (χ3n) is 3.34. The van der Waals surface area contributed by atoms with Crippen molar-refractivity contribution < 1.29 is 14.4 Å². The zero-order valence-corrected chi connectivity index (χ0v) is 11.1. The third kappa shape index (κ3) is 2.29. The minimum Gasteiger partial charge on any atom is -0.394 e. The smallest absolute Gasteiger partial charge is 0.276 e. The van der Waals surface area contributed by atoms with Crippen LogP contribution in [0.2, 0.25) is 0 Å². The van der Waals surface area contributed by atoms with E-state index in [1.165, 1.54) is 11.3 Å². The van der Waals surface area contributed by atoms with E-state index in [1.807, 2.05) is 17.5 Å². The van der Waals surface area contributed by atoms with Gasteiger partial charge in [0.1, 0.15) is 0 Å². The maximum absolute atomic E-state index is 12.3. The first-order valence-corrected chi connectivity index (χ1v) is 7.10. The summed E-state index contributed by atoms with van der Waals surface area (Å²) in [5, 5.41) is 15.0. The fourth-order valence-corrected chi connectivity index (χ4v) is 3.02. The van der Waals surface area contributed by atoms with E-state index < -0.39 is 0 Å². The van der Waals surface area contributed by atoms with Crippen LogP contribution in [0.3, 0.4) is 0 Å². The average Bonchev–Trinajstić information content (AvgIpc) is 3.16. The first-order chi connectivity index (χ1) is 9.29.